The maximum absolute atomic E-state index is 12.1. The van der Waals surface area contributed by atoms with Gasteiger partial charge < -0.3 is 10.1 Å². The lowest BCUT2D eigenvalue weighted by Gasteiger charge is -2.21. The topological polar surface area (TPSA) is 21.3 Å². The van der Waals surface area contributed by atoms with E-state index in [1.165, 1.54) is 12.1 Å². The monoisotopic (exact) mass is 289 g/mol. The Kier molecular flexibility index (Phi) is 6.33. The Labute approximate surface area is 118 Å². The molecule has 1 atom stereocenters. The van der Waals surface area contributed by atoms with Gasteiger partial charge in [-0.05, 0) is 43.0 Å². The molecular weight excluding hydrogens is 267 g/mol. The standard InChI is InChI=1S/C15H22F3NO/c1-4-9-19-14(10-11(2)3)12-5-7-13(8-6-12)20-15(16,17)18/h5-8,11,14,19H,4,9-10H2,1-3H3. The zero-order valence-corrected chi connectivity index (χ0v) is 12.1. The number of hydrogen-bond acceptors (Lipinski definition) is 2. The van der Waals surface area contributed by atoms with Crippen molar-refractivity contribution in [1.29, 1.82) is 0 Å². The highest BCUT2D eigenvalue weighted by molar-refractivity contribution is 5.29. The third-order valence-electron chi connectivity index (χ3n) is 2.86. The number of hydrogen-bond donors (Lipinski definition) is 1. The Hall–Kier alpha value is -1.23. The molecule has 0 fully saturated rings. The van der Waals surface area contributed by atoms with Crippen LogP contribution in [0.4, 0.5) is 13.2 Å². The third kappa shape index (κ3) is 6.28. The molecule has 2 nitrogen and oxygen atoms in total. The van der Waals surface area contributed by atoms with E-state index in [0.29, 0.717) is 5.92 Å². The van der Waals surface area contributed by atoms with Gasteiger partial charge in [0.25, 0.3) is 0 Å². The molecular formula is C15H22F3NO. The Balaban J connectivity index is 2.76. The molecule has 1 rings (SSSR count). The SMILES string of the molecule is CCCNC(CC(C)C)c1ccc(OC(F)(F)F)cc1. The number of alkyl halides is 3. The van der Waals surface area contributed by atoms with E-state index >= 15 is 0 Å². The summed E-state index contributed by atoms with van der Waals surface area (Å²) in [5.74, 6) is 0.329. The van der Waals surface area contributed by atoms with Crippen molar-refractivity contribution in [3.8, 4) is 5.75 Å². The van der Waals surface area contributed by atoms with Crippen molar-refractivity contribution in [2.45, 2.75) is 46.0 Å². The molecule has 0 aliphatic rings. The van der Waals surface area contributed by atoms with Gasteiger partial charge in [0.15, 0.2) is 0 Å². The van der Waals surface area contributed by atoms with Crippen LogP contribution in [0, 0.1) is 5.92 Å². The molecule has 20 heavy (non-hydrogen) atoms. The first kappa shape index (κ1) is 16.8. The molecule has 0 heterocycles. The van der Waals surface area contributed by atoms with Gasteiger partial charge in [-0.2, -0.15) is 0 Å². The minimum atomic E-state index is -4.64. The number of nitrogens with one attached hydrogen (secondary N) is 1. The minimum Gasteiger partial charge on any atom is -0.406 e. The normalized spacial score (nSPS) is 13.6. The molecule has 1 aromatic carbocycles. The van der Waals surface area contributed by atoms with Gasteiger partial charge in [-0.25, -0.2) is 0 Å². The second kappa shape index (κ2) is 7.53. The molecule has 1 N–H and O–H groups in total. The Morgan fingerprint density at radius 3 is 2.20 bits per heavy atom. The van der Waals surface area contributed by atoms with Gasteiger partial charge >= 0.3 is 6.36 Å². The molecule has 0 amide bonds. The van der Waals surface area contributed by atoms with E-state index in [1.807, 2.05) is 0 Å². The van der Waals surface area contributed by atoms with Crippen LogP contribution in [0.1, 0.15) is 45.2 Å². The number of halogens is 3. The van der Waals surface area contributed by atoms with E-state index in [-0.39, 0.29) is 11.8 Å². The predicted molar refractivity (Wildman–Crippen MR) is 73.6 cm³/mol. The minimum absolute atomic E-state index is 0.162. The highest BCUT2D eigenvalue weighted by atomic mass is 19.4. The molecule has 5 heteroatoms. The molecule has 1 unspecified atom stereocenters. The predicted octanol–water partition coefficient (Wildman–Crippen LogP) is 4.67. The van der Waals surface area contributed by atoms with Gasteiger partial charge in [-0.1, -0.05) is 32.9 Å². The molecule has 0 saturated carbocycles. The van der Waals surface area contributed by atoms with Gasteiger partial charge in [0, 0.05) is 6.04 Å². The summed E-state index contributed by atoms with van der Waals surface area (Å²) < 4.78 is 40.2. The lowest BCUT2D eigenvalue weighted by Crippen LogP contribution is -2.23. The van der Waals surface area contributed by atoms with E-state index in [9.17, 15) is 13.2 Å². The second-order valence-corrected chi connectivity index (χ2v) is 5.25. The van der Waals surface area contributed by atoms with E-state index in [1.54, 1.807) is 12.1 Å². The highest BCUT2D eigenvalue weighted by Gasteiger charge is 2.31. The van der Waals surface area contributed by atoms with Crippen molar-refractivity contribution >= 4 is 0 Å². The fraction of sp³-hybridized carbons (Fsp3) is 0.600. The van der Waals surface area contributed by atoms with E-state index in [4.69, 9.17) is 0 Å². The molecule has 0 aromatic heterocycles. The second-order valence-electron chi connectivity index (χ2n) is 5.25. The van der Waals surface area contributed by atoms with Crippen molar-refractivity contribution < 1.29 is 17.9 Å². The highest BCUT2D eigenvalue weighted by Crippen LogP contribution is 2.26. The van der Waals surface area contributed by atoms with Crippen molar-refractivity contribution in [2.75, 3.05) is 6.54 Å². The van der Waals surface area contributed by atoms with Crippen LogP contribution in [0.3, 0.4) is 0 Å². The van der Waals surface area contributed by atoms with Gasteiger partial charge in [-0.3, -0.25) is 0 Å². The molecule has 1 aromatic rings. The van der Waals surface area contributed by atoms with Gasteiger partial charge in [-0.15, -0.1) is 13.2 Å². The van der Waals surface area contributed by atoms with Crippen LogP contribution in [0.25, 0.3) is 0 Å². The van der Waals surface area contributed by atoms with Crippen molar-refractivity contribution in [1.82, 2.24) is 5.32 Å². The zero-order valence-electron chi connectivity index (χ0n) is 12.1. The van der Waals surface area contributed by atoms with Crippen LogP contribution >= 0.6 is 0 Å². The fourth-order valence-electron chi connectivity index (χ4n) is 2.03. The molecule has 0 spiro atoms. The van der Waals surface area contributed by atoms with Crippen molar-refractivity contribution in [2.24, 2.45) is 5.92 Å². The van der Waals surface area contributed by atoms with Crippen molar-refractivity contribution in [3.63, 3.8) is 0 Å². The lowest BCUT2D eigenvalue weighted by molar-refractivity contribution is -0.274. The molecule has 0 aliphatic heterocycles. The first-order valence-corrected chi connectivity index (χ1v) is 6.91. The van der Waals surface area contributed by atoms with Gasteiger partial charge in [0.1, 0.15) is 5.75 Å². The quantitative estimate of drug-likeness (QED) is 0.787. The average Bonchev–Trinajstić information content (AvgIpc) is 2.33. The lowest BCUT2D eigenvalue weighted by atomic mass is 9.97. The third-order valence-corrected chi connectivity index (χ3v) is 2.86. The summed E-state index contributed by atoms with van der Waals surface area (Å²) >= 11 is 0. The fourth-order valence-corrected chi connectivity index (χ4v) is 2.03. The summed E-state index contributed by atoms with van der Waals surface area (Å²) in [6.45, 7) is 7.22. The first-order chi connectivity index (χ1) is 9.31. The largest absolute Gasteiger partial charge is 0.573 e. The molecule has 114 valence electrons. The number of rotatable bonds is 7. The number of ether oxygens (including phenoxy) is 1. The van der Waals surface area contributed by atoms with Crippen LogP contribution < -0.4 is 10.1 Å². The van der Waals surface area contributed by atoms with Crippen LogP contribution in [0.2, 0.25) is 0 Å². The summed E-state index contributed by atoms with van der Waals surface area (Å²) in [7, 11) is 0. The van der Waals surface area contributed by atoms with Gasteiger partial charge in [0.05, 0.1) is 0 Å². The van der Waals surface area contributed by atoms with Gasteiger partial charge in [0.2, 0.25) is 0 Å². The van der Waals surface area contributed by atoms with Crippen LogP contribution in [-0.2, 0) is 0 Å². The Morgan fingerprint density at radius 2 is 1.75 bits per heavy atom. The summed E-state index contributed by atoms with van der Waals surface area (Å²) in [6.07, 6.45) is -2.68. The summed E-state index contributed by atoms with van der Waals surface area (Å²) in [5, 5.41) is 3.42. The summed E-state index contributed by atoms with van der Waals surface area (Å²) in [4.78, 5) is 0. The molecule has 0 aliphatic carbocycles. The summed E-state index contributed by atoms with van der Waals surface area (Å²) in [5.41, 5.74) is 0.988. The van der Waals surface area contributed by atoms with E-state index in [2.05, 4.69) is 30.8 Å². The Bertz CT molecular complexity index is 387. The van der Waals surface area contributed by atoms with Crippen LogP contribution in [0.15, 0.2) is 24.3 Å². The van der Waals surface area contributed by atoms with Crippen molar-refractivity contribution in [3.05, 3.63) is 29.8 Å². The van der Waals surface area contributed by atoms with Crippen LogP contribution in [-0.4, -0.2) is 12.9 Å². The first-order valence-electron chi connectivity index (χ1n) is 6.91. The molecule has 0 saturated heterocycles. The smallest absolute Gasteiger partial charge is 0.406 e. The van der Waals surface area contributed by atoms with E-state index < -0.39 is 6.36 Å². The zero-order chi connectivity index (χ0) is 15.2. The Morgan fingerprint density at radius 1 is 1.15 bits per heavy atom. The molecule has 0 bridgehead atoms. The molecule has 0 radical (unpaired) electrons. The number of benzene rings is 1. The maximum atomic E-state index is 12.1. The van der Waals surface area contributed by atoms with E-state index in [0.717, 1.165) is 24.9 Å². The summed E-state index contributed by atoms with van der Waals surface area (Å²) in [6, 6.07) is 6.27. The maximum Gasteiger partial charge on any atom is 0.573 e. The van der Waals surface area contributed by atoms with Crippen LogP contribution in [0.5, 0.6) is 5.75 Å². The average molecular weight is 289 g/mol.